The molecule has 0 amide bonds. The van der Waals surface area contributed by atoms with Crippen LogP contribution in [0.5, 0.6) is 0 Å². The van der Waals surface area contributed by atoms with Crippen LogP contribution in [0.4, 0.5) is 0 Å². The standard InChI is InChI=1S/C17H9ClO2/c18-14-5-7-16-13(10-14)4-3-12-9-11(1-6-15(12)16)2-8-17(19)20/h1,3-7,9-10H,(H,19,20). The molecule has 20 heavy (non-hydrogen) atoms. The van der Waals surface area contributed by atoms with Crippen molar-refractivity contribution < 1.29 is 9.90 Å². The number of rotatable bonds is 0. The minimum absolute atomic E-state index is 0.688. The Hall–Kier alpha value is -2.50. The van der Waals surface area contributed by atoms with Crippen LogP contribution in [-0.4, -0.2) is 11.1 Å². The maximum atomic E-state index is 10.5. The van der Waals surface area contributed by atoms with Gasteiger partial charge in [-0.1, -0.05) is 41.8 Å². The van der Waals surface area contributed by atoms with Crippen LogP contribution in [0.1, 0.15) is 5.56 Å². The molecule has 0 unspecified atom stereocenters. The molecule has 0 aliphatic rings. The number of hydrogen-bond acceptors (Lipinski definition) is 1. The van der Waals surface area contributed by atoms with E-state index in [1.807, 2.05) is 48.5 Å². The van der Waals surface area contributed by atoms with Gasteiger partial charge >= 0.3 is 5.97 Å². The fraction of sp³-hybridized carbons (Fsp3) is 0. The highest BCUT2D eigenvalue weighted by molar-refractivity contribution is 6.31. The van der Waals surface area contributed by atoms with E-state index < -0.39 is 5.97 Å². The predicted octanol–water partition coefficient (Wildman–Crippen LogP) is 4.08. The maximum Gasteiger partial charge on any atom is 0.382 e. The molecule has 3 heteroatoms. The summed E-state index contributed by atoms with van der Waals surface area (Å²) < 4.78 is 0. The molecule has 1 N–H and O–H groups in total. The Morgan fingerprint density at radius 3 is 2.30 bits per heavy atom. The Labute approximate surface area is 120 Å². The first-order valence-electron chi connectivity index (χ1n) is 6.00. The van der Waals surface area contributed by atoms with Crippen molar-refractivity contribution in [1.82, 2.24) is 0 Å². The molecule has 0 saturated carbocycles. The van der Waals surface area contributed by atoms with Crippen molar-refractivity contribution in [3.8, 4) is 11.8 Å². The van der Waals surface area contributed by atoms with E-state index in [9.17, 15) is 4.79 Å². The van der Waals surface area contributed by atoms with Crippen LogP contribution < -0.4 is 0 Å². The summed E-state index contributed by atoms with van der Waals surface area (Å²) in [5, 5.41) is 13.6. The topological polar surface area (TPSA) is 37.3 Å². The van der Waals surface area contributed by atoms with Gasteiger partial charge in [-0.2, -0.15) is 0 Å². The minimum atomic E-state index is -1.13. The summed E-state index contributed by atoms with van der Waals surface area (Å²) >= 11 is 5.99. The van der Waals surface area contributed by atoms with E-state index in [1.54, 1.807) is 0 Å². The molecule has 3 aromatic carbocycles. The Kier molecular flexibility index (Phi) is 3.06. The summed E-state index contributed by atoms with van der Waals surface area (Å²) in [6, 6.07) is 15.4. The SMILES string of the molecule is O=C(O)C#Cc1ccc2c(ccc3cc(Cl)ccc32)c1. The third kappa shape index (κ3) is 2.32. The first-order valence-corrected chi connectivity index (χ1v) is 6.38. The van der Waals surface area contributed by atoms with Gasteiger partial charge in [-0.05, 0) is 45.8 Å². The Balaban J connectivity index is 2.23. The summed E-state index contributed by atoms with van der Waals surface area (Å²) in [4.78, 5) is 10.5. The van der Waals surface area contributed by atoms with Crippen LogP contribution in [0.15, 0.2) is 48.5 Å². The van der Waals surface area contributed by atoms with Gasteiger partial charge in [0.25, 0.3) is 0 Å². The molecule has 96 valence electrons. The molecule has 0 fully saturated rings. The van der Waals surface area contributed by atoms with Crippen LogP contribution in [0.3, 0.4) is 0 Å². The average molecular weight is 281 g/mol. The molecule has 0 spiro atoms. The molecule has 0 saturated heterocycles. The van der Waals surface area contributed by atoms with E-state index in [-0.39, 0.29) is 0 Å². The van der Waals surface area contributed by atoms with E-state index in [4.69, 9.17) is 16.7 Å². The summed E-state index contributed by atoms with van der Waals surface area (Å²) in [5.74, 6) is 3.62. The van der Waals surface area contributed by atoms with Crippen LogP contribution in [-0.2, 0) is 4.79 Å². The van der Waals surface area contributed by atoms with E-state index in [2.05, 4.69) is 11.8 Å². The molecule has 0 aliphatic carbocycles. The number of carboxylic acid groups (broad SMARTS) is 1. The first kappa shape index (κ1) is 12.5. The van der Waals surface area contributed by atoms with Gasteiger partial charge in [0, 0.05) is 16.5 Å². The van der Waals surface area contributed by atoms with Crippen molar-refractivity contribution in [2.24, 2.45) is 0 Å². The third-order valence-corrected chi connectivity index (χ3v) is 3.35. The van der Waals surface area contributed by atoms with Crippen molar-refractivity contribution >= 4 is 39.1 Å². The number of halogens is 1. The molecule has 0 bridgehead atoms. The largest absolute Gasteiger partial charge is 0.472 e. The molecular weight excluding hydrogens is 272 g/mol. The molecule has 2 nitrogen and oxygen atoms in total. The lowest BCUT2D eigenvalue weighted by molar-refractivity contribution is -0.130. The lowest BCUT2D eigenvalue weighted by Crippen LogP contribution is -1.87. The van der Waals surface area contributed by atoms with Crippen LogP contribution in [0.25, 0.3) is 21.5 Å². The van der Waals surface area contributed by atoms with E-state index in [1.165, 1.54) is 0 Å². The first-order chi connectivity index (χ1) is 9.63. The molecule has 0 heterocycles. The summed E-state index contributed by atoms with van der Waals surface area (Å²) in [7, 11) is 0. The van der Waals surface area contributed by atoms with Gasteiger partial charge in [-0.15, -0.1) is 0 Å². The van der Waals surface area contributed by atoms with Gasteiger partial charge in [0.1, 0.15) is 0 Å². The number of carbonyl (C=O) groups is 1. The van der Waals surface area contributed by atoms with Gasteiger partial charge in [0.05, 0.1) is 0 Å². The number of aliphatic carboxylic acids is 1. The predicted molar refractivity (Wildman–Crippen MR) is 81.0 cm³/mol. The second-order valence-electron chi connectivity index (χ2n) is 4.42. The third-order valence-electron chi connectivity index (χ3n) is 3.11. The summed E-state index contributed by atoms with van der Waals surface area (Å²) in [5.41, 5.74) is 0.688. The fourth-order valence-electron chi connectivity index (χ4n) is 2.25. The lowest BCUT2D eigenvalue weighted by Gasteiger charge is -2.05. The summed E-state index contributed by atoms with van der Waals surface area (Å²) in [6.45, 7) is 0. The van der Waals surface area contributed by atoms with Gasteiger partial charge in [0.15, 0.2) is 0 Å². The Morgan fingerprint density at radius 2 is 1.60 bits per heavy atom. The molecule has 0 aromatic heterocycles. The monoisotopic (exact) mass is 280 g/mol. The average Bonchev–Trinajstić information content (AvgIpc) is 2.44. The van der Waals surface area contributed by atoms with Crippen LogP contribution in [0, 0.1) is 11.8 Å². The zero-order chi connectivity index (χ0) is 14.1. The Bertz CT molecular complexity index is 901. The highest BCUT2D eigenvalue weighted by Gasteiger charge is 2.02. The molecule has 0 aliphatic heterocycles. The minimum Gasteiger partial charge on any atom is -0.472 e. The van der Waals surface area contributed by atoms with Gasteiger partial charge in [-0.3, -0.25) is 0 Å². The zero-order valence-corrected chi connectivity index (χ0v) is 11.1. The molecule has 3 aromatic rings. The zero-order valence-electron chi connectivity index (χ0n) is 10.4. The number of hydrogen-bond donors (Lipinski definition) is 1. The van der Waals surface area contributed by atoms with Crippen LogP contribution >= 0.6 is 11.6 Å². The van der Waals surface area contributed by atoms with E-state index >= 15 is 0 Å². The molecule has 0 atom stereocenters. The second-order valence-corrected chi connectivity index (χ2v) is 4.86. The highest BCUT2D eigenvalue weighted by Crippen LogP contribution is 2.28. The molecule has 3 rings (SSSR count). The van der Waals surface area contributed by atoms with E-state index in [0.29, 0.717) is 10.6 Å². The normalized spacial score (nSPS) is 10.2. The van der Waals surface area contributed by atoms with Crippen LogP contribution in [0.2, 0.25) is 5.02 Å². The van der Waals surface area contributed by atoms with Crippen molar-refractivity contribution in [3.63, 3.8) is 0 Å². The summed E-state index contributed by atoms with van der Waals surface area (Å²) in [6.07, 6.45) is 0. The van der Waals surface area contributed by atoms with Gasteiger partial charge in [-0.25, -0.2) is 4.79 Å². The lowest BCUT2D eigenvalue weighted by atomic mass is 10.0. The number of fused-ring (bicyclic) bond motifs is 3. The van der Waals surface area contributed by atoms with Gasteiger partial charge < -0.3 is 5.11 Å². The number of carboxylic acids is 1. The highest BCUT2D eigenvalue weighted by atomic mass is 35.5. The fourth-order valence-corrected chi connectivity index (χ4v) is 2.43. The Morgan fingerprint density at radius 1 is 0.950 bits per heavy atom. The smallest absolute Gasteiger partial charge is 0.382 e. The van der Waals surface area contributed by atoms with Crippen molar-refractivity contribution in [3.05, 3.63) is 59.1 Å². The van der Waals surface area contributed by atoms with Gasteiger partial charge in [0.2, 0.25) is 0 Å². The quantitative estimate of drug-likeness (QED) is 0.497. The molecule has 0 radical (unpaired) electrons. The number of benzene rings is 3. The molecular formula is C17H9ClO2. The second kappa shape index (κ2) is 4.88. The van der Waals surface area contributed by atoms with E-state index in [0.717, 1.165) is 21.5 Å². The van der Waals surface area contributed by atoms with Crippen molar-refractivity contribution in [1.29, 1.82) is 0 Å². The van der Waals surface area contributed by atoms with Crippen molar-refractivity contribution in [2.75, 3.05) is 0 Å². The van der Waals surface area contributed by atoms with Crippen molar-refractivity contribution in [2.45, 2.75) is 0 Å². The maximum absolute atomic E-state index is 10.5.